The normalized spacial score (nSPS) is 17.9. The van der Waals surface area contributed by atoms with E-state index in [1.165, 1.54) is 15.8 Å². The average Bonchev–Trinajstić information content (AvgIpc) is 3.16. The van der Waals surface area contributed by atoms with Crippen LogP contribution in [0.1, 0.15) is 24.8 Å². The van der Waals surface area contributed by atoms with Gasteiger partial charge in [-0.05, 0) is 37.0 Å². The molecule has 4 rings (SSSR count). The third-order valence-electron chi connectivity index (χ3n) is 5.42. The van der Waals surface area contributed by atoms with Gasteiger partial charge in [0.1, 0.15) is 0 Å². The summed E-state index contributed by atoms with van der Waals surface area (Å²) >= 11 is 0. The molecule has 1 aliphatic heterocycles. The predicted molar refractivity (Wildman–Crippen MR) is 115 cm³/mol. The predicted octanol–water partition coefficient (Wildman–Crippen LogP) is 3.14. The second kappa shape index (κ2) is 8.90. The molecule has 0 saturated heterocycles. The van der Waals surface area contributed by atoms with Gasteiger partial charge in [0.15, 0.2) is 0 Å². The molecule has 4 amide bonds. The third-order valence-corrected chi connectivity index (χ3v) is 5.42. The van der Waals surface area contributed by atoms with E-state index in [0.717, 1.165) is 11.9 Å². The summed E-state index contributed by atoms with van der Waals surface area (Å²) < 4.78 is 0. The maximum Gasteiger partial charge on any atom is 0.350 e. The molecular weight excluding hydrogens is 380 g/mol. The fourth-order valence-electron chi connectivity index (χ4n) is 3.80. The quantitative estimate of drug-likeness (QED) is 0.662. The molecule has 1 aromatic carbocycles. The van der Waals surface area contributed by atoms with Crippen LogP contribution >= 0.6 is 0 Å². The van der Waals surface area contributed by atoms with Crippen LogP contribution in [0.4, 0.5) is 4.79 Å². The van der Waals surface area contributed by atoms with Crippen LogP contribution in [0, 0.1) is 5.92 Å². The van der Waals surface area contributed by atoms with E-state index >= 15 is 0 Å². The number of H-pyrrole nitrogens is 1. The topological polar surface area (TPSA) is 94.6 Å². The molecule has 7 heteroatoms. The van der Waals surface area contributed by atoms with Crippen molar-refractivity contribution in [2.24, 2.45) is 10.9 Å². The third kappa shape index (κ3) is 4.25. The number of aliphatic imine (C=N–C) groups is 1. The van der Waals surface area contributed by atoms with Crippen LogP contribution in [0.5, 0.6) is 0 Å². The van der Waals surface area contributed by atoms with Crippen molar-refractivity contribution in [3.8, 4) is 0 Å². The summed E-state index contributed by atoms with van der Waals surface area (Å²) in [6, 6.07) is 7.57. The van der Waals surface area contributed by atoms with Crippen molar-refractivity contribution in [1.82, 2.24) is 15.2 Å². The highest BCUT2D eigenvalue weighted by Crippen LogP contribution is 2.20. The van der Waals surface area contributed by atoms with E-state index in [4.69, 9.17) is 0 Å². The molecule has 0 bridgehead atoms. The molecule has 1 atom stereocenters. The smallest absolute Gasteiger partial charge is 0.350 e. The molecule has 2 aromatic rings. The fraction of sp³-hybridized carbons (Fsp3) is 0.304. The number of imide groups is 1. The van der Waals surface area contributed by atoms with Gasteiger partial charge in [-0.2, -0.15) is 4.99 Å². The van der Waals surface area contributed by atoms with E-state index in [0.29, 0.717) is 31.5 Å². The van der Waals surface area contributed by atoms with Crippen LogP contribution in [0.3, 0.4) is 0 Å². The van der Waals surface area contributed by atoms with Crippen LogP contribution in [0.15, 0.2) is 59.8 Å². The first-order valence-corrected chi connectivity index (χ1v) is 10.2. The number of fused-ring (bicyclic) bond motifs is 2. The van der Waals surface area contributed by atoms with Crippen molar-refractivity contribution in [2.45, 2.75) is 25.7 Å². The van der Waals surface area contributed by atoms with Gasteiger partial charge < -0.3 is 10.3 Å². The molecule has 30 heavy (non-hydrogen) atoms. The lowest BCUT2D eigenvalue weighted by atomic mass is 9.95. The van der Waals surface area contributed by atoms with Gasteiger partial charge in [0.05, 0.1) is 11.6 Å². The number of benzene rings is 1. The second-order valence-electron chi connectivity index (χ2n) is 7.45. The minimum atomic E-state index is -0.519. The van der Waals surface area contributed by atoms with Crippen molar-refractivity contribution in [3.63, 3.8) is 0 Å². The van der Waals surface area contributed by atoms with Crippen molar-refractivity contribution in [2.75, 3.05) is 13.1 Å². The lowest BCUT2D eigenvalue weighted by molar-refractivity contribution is -0.129. The van der Waals surface area contributed by atoms with Gasteiger partial charge >= 0.3 is 6.03 Å². The van der Waals surface area contributed by atoms with Crippen molar-refractivity contribution >= 4 is 34.5 Å². The SMILES string of the molecule is O=C(CCCCN1C(=O)N=C2C=CC=CC2C1=O)NCCc1c[nH]c2ccccc12. The van der Waals surface area contributed by atoms with E-state index in [1.54, 1.807) is 24.3 Å². The Morgan fingerprint density at radius 2 is 2.03 bits per heavy atom. The molecule has 2 aliphatic rings. The number of para-hydroxylation sites is 1. The highest BCUT2D eigenvalue weighted by Gasteiger charge is 2.35. The molecule has 0 spiro atoms. The first-order chi connectivity index (χ1) is 14.6. The Morgan fingerprint density at radius 3 is 2.93 bits per heavy atom. The number of aromatic nitrogens is 1. The highest BCUT2D eigenvalue weighted by molar-refractivity contribution is 6.21. The fourth-order valence-corrected chi connectivity index (χ4v) is 3.80. The standard InChI is InChI=1S/C23H24N4O3/c28-21(24-13-12-16-15-25-19-9-3-1-7-17(16)19)11-5-6-14-27-22(29)18-8-2-4-10-20(18)26-23(27)30/h1-4,7-10,15,18,25H,5-6,11-14H2,(H,24,28). The molecule has 1 aliphatic carbocycles. The number of nitrogens with one attached hydrogen (secondary N) is 2. The summed E-state index contributed by atoms with van der Waals surface area (Å²) in [4.78, 5) is 45.1. The summed E-state index contributed by atoms with van der Waals surface area (Å²) in [5.74, 6) is -0.735. The monoisotopic (exact) mass is 404 g/mol. The minimum Gasteiger partial charge on any atom is -0.361 e. The Morgan fingerprint density at radius 1 is 1.17 bits per heavy atom. The average molecular weight is 404 g/mol. The number of rotatable bonds is 8. The van der Waals surface area contributed by atoms with E-state index in [-0.39, 0.29) is 18.4 Å². The molecule has 2 N–H and O–H groups in total. The van der Waals surface area contributed by atoms with Gasteiger partial charge in [-0.3, -0.25) is 14.5 Å². The summed E-state index contributed by atoms with van der Waals surface area (Å²) in [5, 5.41) is 4.12. The number of amides is 4. The number of carbonyl (C=O) groups is 3. The zero-order valence-electron chi connectivity index (χ0n) is 16.6. The zero-order chi connectivity index (χ0) is 20.9. The van der Waals surface area contributed by atoms with Gasteiger partial charge in [0.2, 0.25) is 11.8 Å². The number of hydrogen-bond donors (Lipinski definition) is 2. The maximum absolute atomic E-state index is 12.5. The van der Waals surface area contributed by atoms with Crippen LogP contribution in [-0.4, -0.2) is 46.5 Å². The van der Waals surface area contributed by atoms with Crippen molar-refractivity contribution in [3.05, 3.63) is 60.3 Å². The molecule has 154 valence electrons. The molecule has 0 saturated carbocycles. The largest absolute Gasteiger partial charge is 0.361 e. The van der Waals surface area contributed by atoms with Crippen LogP contribution < -0.4 is 5.32 Å². The van der Waals surface area contributed by atoms with Crippen LogP contribution in [0.2, 0.25) is 0 Å². The van der Waals surface area contributed by atoms with E-state index in [2.05, 4.69) is 21.4 Å². The number of allylic oxidation sites excluding steroid dienone is 3. The molecule has 0 radical (unpaired) electrons. The van der Waals surface area contributed by atoms with E-state index < -0.39 is 11.9 Å². The highest BCUT2D eigenvalue weighted by atomic mass is 16.2. The lowest BCUT2D eigenvalue weighted by Crippen LogP contribution is -2.46. The number of aromatic amines is 1. The molecule has 1 unspecified atom stereocenters. The first kappa shape index (κ1) is 19.8. The summed E-state index contributed by atoms with van der Waals surface area (Å²) in [5.41, 5.74) is 2.77. The Balaban J connectivity index is 1.18. The van der Waals surface area contributed by atoms with Crippen molar-refractivity contribution < 1.29 is 14.4 Å². The molecule has 7 nitrogen and oxygen atoms in total. The van der Waals surface area contributed by atoms with Gasteiger partial charge in [-0.25, -0.2) is 4.79 Å². The maximum atomic E-state index is 12.5. The summed E-state index contributed by atoms with van der Waals surface area (Å²) in [7, 11) is 0. The van der Waals surface area contributed by atoms with E-state index in [1.807, 2.05) is 24.4 Å². The Kier molecular flexibility index (Phi) is 5.88. The number of unbranched alkanes of at least 4 members (excludes halogenated alkanes) is 1. The number of carbonyl (C=O) groups excluding carboxylic acids is 3. The van der Waals surface area contributed by atoms with Gasteiger partial charge in [0.25, 0.3) is 0 Å². The molecule has 2 heterocycles. The second-order valence-corrected chi connectivity index (χ2v) is 7.45. The Hall–Kier alpha value is -3.48. The molecule has 0 fully saturated rings. The number of hydrogen-bond acceptors (Lipinski definition) is 3. The Labute approximate surface area is 174 Å². The minimum absolute atomic E-state index is 0.0215. The summed E-state index contributed by atoms with van der Waals surface area (Å²) in [6.07, 6.45) is 11.3. The van der Waals surface area contributed by atoms with E-state index in [9.17, 15) is 14.4 Å². The number of nitrogens with zero attached hydrogens (tertiary/aromatic N) is 2. The van der Waals surface area contributed by atoms with Gasteiger partial charge in [-0.1, -0.05) is 36.4 Å². The molecule has 1 aromatic heterocycles. The Bertz CT molecular complexity index is 1060. The van der Waals surface area contributed by atoms with Gasteiger partial charge in [-0.15, -0.1) is 0 Å². The summed E-state index contributed by atoms with van der Waals surface area (Å²) in [6.45, 7) is 0.855. The lowest BCUT2D eigenvalue weighted by Gasteiger charge is -2.28. The van der Waals surface area contributed by atoms with Crippen molar-refractivity contribution in [1.29, 1.82) is 0 Å². The first-order valence-electron chi connectivity index (χ1n) is 10.2. The van der Waals surface area contributed by atoms with Crippen LogP contribution in [-0.2, 0) is 16.0 Å². The van der Waals surface area contributed by atoms with Crippen LogP contribution in [0.25, 0.3) is 10.9 Å². The molecular formula is C23H24N4O3. The number of urea groups is 1. The van der Waals surface area contributed by atoms with Gasteiger partial charge in [0, 0.05) is 36.6 Å². The zero-order valence-corrected chi connectivity index (χ0v) is 16.6.